The predicted octanol–water partition coefficient (Wildman–Crippen LogP) is 5.64. The van der Waals surface area contributed by atoms with E-state index < -0.39 is 11.7 Å². The van der Waals surface area contributed by atoms with E-state index in [9.17, 15) is 14.0 Å². The molecule has 0 fully saturated rings. The summed E-state index contributed by atoms with van der Waals surface area (Å²) in [7, 11) is 0. The summed E-state index contributed by atoms with van der Waals surface area (Å²) in [6.45, 7) is 6.05. The van der Waals surface area contributed by atoms with Crippen molar-refractivity contribution in [3.63, 3.8) is 0 Å². The summed E-state index contributed by atoms with van der Waals surface area (Å²) in [6, 6.07) is 10.1. The Morgan fingerprint density at radius 1 is 1.18 bits per heavy atom. The van der Waals surface area contributed by atoms with Crippen molar-refractivity contribution >= 4 is 22.7 Å². The van der Waals surface area contributed by atoms with Crippen LogP contribution in [0.25, 0.3) is 10.9 Å². The molecule has 9 heteroatoms. The first-order valence-corrected chi connectivity index (χ1v) is 13.0. The van der Waals surface area contributed by atoms with E-state index >= 15 is 0 Å². The minimum atomic E-state index is -0.609. The van der Waals surface area contributed by atoms with Crippen molar-refractivity contribution in [3.05, 3.63) is 88.2 Å². The standard InChI is InChI=1S/C29H32FN5O3/c1-29(2,3)38-28(37)35-22(16-20-17-31-14-13-25(20)35)6-4-5-15-34-18-32-24-12-11-23(33-26(24)27(34)36)19-7-9-21(30)10-8-19/h7-10,13-14,16-18,23,33H,4-6,11-12,15H2,1-3H3/t23-/m0/s1. The van der Waals surface area contributed by atoms with Crippen LogP contribution in [0.1, 0.15) is 63.0 Å². The highest BCUT2D eigenvalue weighted by atomic mass is 19.1. The zero-order valence-electron chi connectivity index (χ0n) is 21.9. The van der Waals surface area contributed by atoms with Crippen LogP contribution in [0.15, 0.2) is 59.9 Å². The van der Waals surface area contributed by atoms with Crippen molar-refractivity contribution in [1.82, 2.24) is 19.1 Å². The van der Waals surface area contributed by atoms with Crippen molar-refractivity contribution in [2.24, 2.45) is 0 Å². The minimum absolute atomic E-state index is 0.0577. The van der Waals surface area contributed by atoms with Gasteiger partial charge in [0.1, 0.15) is 17.1 Å². The van der Waals surface area contributed by atoms with Crippen molar-refractivity contribution in [3.8, 4) is 0 Å². The number of hydrogen-bond donors (Lipinski definition) is 1. The molecule has 5 rings (SSSR count). The smallest absolute Gasteiger partial charge is 0.419 e. The van der Waals surface area contributed by atoms with Gasteiger partial charge in [-0.05, 0) is 82.7 Å². The molecule has 1 aliphatic heterocycles. The second-order valence-corrected chi connectivity index (χ2v) is 10.7. The zero-order chi connectivity index (χ0) is 26.9. The number of aromatic nitrogens is 4. The van der Waals surface area contributed by atoms with Gasteiger partial charge < -0.3 is 10.1 Å². The first-order valence-electron chi connectivity index (χ1n) is 13.0. The Kier molecular flexibility index (Phi) is 7.01. The van der Waals surface area contributed by atoms with Crippen LogP contribution in [0.5, 0.6) is 0 Å². The second-order valence-electron chi connectivity index (χ2n) is 10.7. The molecule has 0 saturated heterocycles. The van der Waals surface area contributed by atoms with Crippen LogP contribution < -0.4 is 10.9 Å². The molecule has 0 aliphatic carbocycles. The number of aryl methyl sites for hydroxylation is 3. The number of rotatable bonds is 6. The molecule has 1 aliphatic rings. The highest BCUT2D eigenvalue weighted by Gasteiger charge is 2.24. The number of nitrogens with one attached hydrogen (secondary N) is 1. The quantitative estimate of drug-likeness (QED) is 0.333. The first-order chi connectivity index (χ1) is 18.2. The SMILES string of the molecule is CC(C)(C)OC(=O)n1c(CCCCn2cnc3c(c2=O)N[C@H](c2ccc(F)cc2)CC3)cc2cnccc21. The molecule has 4 aromatic rings. The van der Waals surface area contributed by atoms with E-state index in [-0.39, 0.29) is 17.4 Å². The van der Waals surface area contributed by atoms with Crippen LogP contribution in [0.4, 0.5) is 14.9 Å². The fourth-order valence-electron chi connectivity index (χ4n) is 4.90. The van der Waals surface area contributed by atoms with Gasteiger partial charge >= 0.3 is 6.09 Å². The minimum Gasteiger partial charge on any atom is -0.443 e. The van der Waals surface area contributed by atoms with Crippen LogP contribution in [0.2, 0.25) is 0 Å². The molecule has 1 N–H and O–H groups in total. The highest BCUT2D eigenvalue weighted by molar-refractivity contribution is 5.90. The molecule has 0 saturated carbocycles. The van der Waals surface area contributed by atoms with Crippen LogP contribution in [-0.2, 0) is 24.1 Å². The lowest BCUT2D eigenvalue weighted by Crippen LogP contribution is -2.30. The fourth-order valence-corrected chi connectivity index (χ4v) is 4.90. The van der Waals surface area contributed by atoms with Gasteiger partial charge in [0.2, 0.25) is 0 Å². The summed E-state index contributed by atoms with van der Waals surface area (Å²) >= 11 is 0. The van der Waals surface area contributed by atoms with E-state index in [1.54, 1.807) is 40.0 Å². The van der Waals surface area contributed by atoms with E-state index in [4.69, 9.17) is 4.74 Å². The molecular weight excluding hydrogens is 485 g/mol. The molecule has 0 amide bonds. The van der Waals surface area contributed by atoms with Crippen molar-refractivity contribution < 1.29 is 13.9 Å². The first kappa shape index (κ1) is 25.6. The lowest BCUT2D eigenvalue weighted by atomic mass is 9.96. The van der Waals surface area contributed by atoms with Gasteiger partial charge in [-0.1, -0.05) is 12.1 Å². The average Bonchev–Trinajstić information content (AvgIpc) is 3.25. The molecule has 4 heterocycles. The third kappa shape index (κ3) is 5.46. The van der Waals surface area contributed by atoms with Crippen LogP contribution in [0.3, 0.4) is 0 Å². The number of ether oxygens (including phenoxy) is 1. The normalized spacial score (nSPS) is 15.2. The van der Waals surface area contributed by atoms with E-state index in [1.807, 2.05) is 32.9 Å². The number of carbonyl (C=O) groups is 1. The monoisotopic (exact) mass is 517 g/mol. The van der Waals surface area contributed by atoms with Gasteiger partial charge in [-0.15, -0.1) is 0 Å². The third-order valence-electron chi connectivity index (χ3n) is 6.71. The second kappa shape index (κ2) is 10.4. The lowest BCUT2D eigenvalue weighted by Gasteiger charge is -2.26. The molecule has 1 aromatic carbocycles. The number of benzene rings is 1. The van der Waals surface area contributed by atoms with Gasteiger partial charge in [0.05, 0.1) is 23.6 Å². The van der Waals surface area contributed by atoms with Crippen molar-refractivity contribution in [2.75, 3.05) is 5.32 Å². The number of hydrogen-bond acceptors (Lipinski definition) is 6. The van der Waals surface area contributed by atoms with Gasteiger partial charge in [-0.25, -0.2) is 18.7 Å². The summed E-state index contributed by atoms with van der Waals surface area (Å²) in [5, 5.41) is 4.21. The molecule has 8 nitrogen and oxygen atoms in total. The lowest BCUT2D eigenvalue weighted by molar-refractivity contribution is 0.0540. The van der Waals surface area contributed by atoms with E-state index in [1.165, 1.54) is 12.1 Å². The van der Waals surface area contributed by atoms with Crippen LogP contribution >= 0.6 is 0 Å². The van der Waals surface area contributed by atoms with Gasteiger partial charge in [0, 0.05) is 30.0 Å². The molecule has 198 valence electrons. The van der Waals surface area contributed by atoms with Gasteiger partial charge in [-0.2, -0.15) is 0 Å². The zero-order valence-corrected chi connectivity index (χ0v) is 21.9. The maximum atomic E-state index is 13.3. The molecule has 0 bridgehead atoms. The maximum Gasteiger partial charge on any atom is 0.419 e. The summed E-state index contributed by atoms with van der Waals surface area (Å²) in [6.07, 6.45) is 8.22. The maximum absolute atomic E-state index is 13.3. The highest BCUT2D eigenvalue weighted by Crippen LogP contribution is 2.29. The van der Waals surface area contributed by atoms with Crippen LogP contribution in [-0.4, -0.2) is 30.8 Å². The Labute approximate surface area is 220 Å². The Bertz CT molecular complexity index is 1520. The number of unbranched alkanes of at least 4 members (excludes halogenated alkanes) is 1. The largest absolute Gasteiger partial charge is 0.443 e. The Balaban J connectivity index is 1.27. The molecule has 1 atom stereocenters. The molecule has 38 heavy (non-hydrogen) atoms. The topological polar surface area (TPSA) is 91.0 Å². The van der Waals surface area contributed by atoms with E-state index in [0.29, 0.717) is 25.1 Å². The van der Waals surface area contributed by atoms with Crippen LogP contribution in [0, 0.1) is 5.82 Å². The number of nitrogens with zero attached hydrogens (tertiary/aromatic N) is 4. The molecular formula is C29H32FN5O3. The predicted molar refractivity (Wildman–Crippen MR) is 144 cm³/mol. The van der Waals surface area contributed by atoms with Gasteiger partial charge in [0.15, 0.2) is 0 Å². The van der Waals surface area contributed by atoms with E-state index in [2.05, 4.69) is 15.3 Å². The molecule has 3 aromatic heterocycles. The Morgan fingerprint density at radius 2 is 1.97 bits per heavy atom. The number of pyridine rings is 1. The van der Waals surface area contributed by atoms with Gasteiger partial charge in [-0.3, -0.25) is 14.3 Å². The fraction of sp³-hybridized carbons (Fsp3) is 0.379. The summed E-state index contributed by atoms with van der Waals surface area (Å²) in [5.74, 6) is -0.280. The number of anilines is 1. The Hall–Kier alpha value is -4.01. The van der Waals surface area contributed by atoms with Crippen molar-refractivity contribution in [2.45, 2.75) is 71.1 Å². The number of halogens is 1. The number of carbonyl (C=O) groups excluding carboxylic acids is 1. The molecule has 0 spiro atoms. The summed E-state index contributed by atoms with van der Waals surface area (Å²) in [4.78, 5) is 34.9. The van der Waals surface area contributed by atoms with E-state index in [0.717, 1.165) is 47.1 Å². The number of fused-ring (bicyclic) bond motifs is 2. The third-order valence-corrected chi connectivity index (χ3v) is 6.71. The molecule has 0 radical (unpaired) electrons. The van der Waals surface area contributed by atoms with Gasteiger partial charge in [0.25, 0.3) is 5.56 Å². The molecule has 0 unspecified atom stereocenters. The Morgan fingerprint density at radius 3 is 2.74 bits per heavy atom. The average molecular weight is 518 g/mol. The van der Waals surface area contributed by atoms with Crippen molar-refractivity contribution in [1.29, 1.82) is 0 Å². The summed E-state index contributed by atoms with van der Waals surface area (Å²) < 4.78 is 22.2. The summed E-state index contributed by atoms with van der Waals surface area (Å²) in [5.41, 5.74) is 3.13.